The van der Waals surface area contributed by atoms with Gasteiger partial charge in [-0.3, -0.25) is 9.20 Å². The number of alkyl halides is 3. The van der Waals surface area contributed by atoms with Crippen molar-refractivity contribution >= 4 is 52.2 Å². The minimum atomic E-state index is -4.56. The van der Waals surface area contributed by atoms with Gasteiger partial charge >= 0.3 is 6.18 Å². The Morgan fingerprint density at radius 1 is 1.26 bits per heavy atom. The summed E-state index contributed by atoms with van der Waals surface area (Å²) in [5, 5.41) is 10.8. The van der Waals surface area contributed by atoms with Gasteiger partial charge in [-0.05, 0) is 36.8 Å². The number of rotatable bonds is 4. The van der Waals surface area contributed by atoms with E-state index in [1.807, 2.05) is 0 Å². The molecule has 3 rings (SSSR count). The number of fused-ring (bicyclic) bond motifs is 1. The number of carbonyl (C=O) groups is 1. The van der Waals surface area contributed by atoms with Crippen LogP contribution in [0, 0.1) is 6.92 Å². The molecule has 5 nitrogen and oxygen atoms in total. The molecule has 2 heterocycles. The molecule has 142 valence electrons. The summed E-state index contributed by atoms with van der Waals surface area (Å²) in [4.78, 5) is 12.1. The molecule has 0 atom stereocenters. The molecule has 0 aliphatic carbocycles. The minimum absolute atomic E-state index is 0.0727. The Morgan fingerprint density at radius 3 is 2.67 bits per heavy atom. The molecule has 0 spiro atoms. The standard InChI is InChI=1S/C16H11Cl2F3N4OS/c1-8-4-10(17)2-3-12(8)22-13(26)7-27-15-24-23-14-11(18)5-9(6-25(14)15)16(19,20)21/h2-6H,7H2,1H3,(H,22,26). The fraction of sp³-hybridized carbons (Fsp3) is 0.188. The van der Waals surface area contributed by atoms with Gasteiger partial charge in [0.1, 0.15) is 0 Å². The van der Waals surface area contributed by atoms with Crippen molar-refractivity contribution in [2.75, 3.05) is 11.1 Å². The Kier molecular flexibility index (Phi) is 5.55. The second-order valence-corrected chi connectivity index (χ2v) is 7.33. The van der Waals surface area contributed by atoms with Crippen LogP contribution in [0.5, 0.6) is 0 Å². The fourth-order valence-electron chi connectivity index (χ4n) is 2.27. The third-order valence-electron chi connectivity index (χ3n) is 3.55. The summed E-state index contributed by atoms with van der Waals surface area (Å²) < 4.78 is 40.0. The first kappa shape index (κ1) is 19.8. The van der Waals surface area contributed by atoms with E-state index in [4.69, 9.17) is 23.2 Å². The van der Waals surface area contributed by atoms with Crippen molar-refractivity contribution in [1.82, 2.24) is 14.6 Å². The molecule has 0 aliphatic rings. The van der Waals surface area contributed by atoms with Gasteiger partial charge in [-0.25, -0.2) is 0 Å². The molecular weight excluding hydrogens is 424 g/mol. The van der Waals surface area contributed by atoms with Crippen molar-refractivity contribution in [2.24, 2.45) is 0 Å². The van der Waals surface area contributed by atoms with Crippen molar-refractivity contribution in [2.45, 2.75) is 18.3 Å². The Hall–Kier alpha value is -1.97. The highest BCUT2D eigenvalue weighted by molar-refractivity contribution is 7.99. The highest BCUT2D eigenvalue weighted by Gasteiger charge is 2.32. The molecule has 27 heavy (non-hydrogen) atoms. The van der Waals surface area contributed by atoms with Crippen LogP contribution in [0.25, 0.3) is 5.65 Å². The second-order valence-electron chi connectivity index (χ2n) is 5.55. The summed E-state index contributed by atoms with van der Waals surface area (Å²) in [7, 11) is 0. The topological polar surface area (TPSA) is 59.3 Å². The number of aryl methyl sites for hydroxylation is 1. The molecule has 1 amide bonds. The number of nitrogens with zero attached hydrogens (tertiary/aromatic N) is 3. The normalized spacial score (nSPS) is 11.8. The van der Waals surface area contributed by atoms with E-state index in [9.17, 15) is 18.0 Å². The molecule has 0 fully saturated rings. The maximum Gasteiger partial charge on any atom is 0.417 e. The van der Waals surface area contributed by atoms with E-state index in [0.717, 1.165) is 34.0 Å². The summed E-state index contributed by atoms with van der Waals surface area (Å²) in [5.74, 6) is -0.420. The van der Waals surface area contributed by atoms with Crippen LogP contribution in [0.4, 0.5) is 18.9 Å². The molecule has 2 aromatic heterocycles. The Morgan fingerprint density at radius 2 is 2.00 bits per heavy atom. The summed E-state index contributed by atoms with van der Waals surface area (Å²) in [6.45, 7) is 1.79. The summed E-state index contributed by atoms with van der Waals surface area (Å²) in [6.07, 6.45) is -3.71. The Bertz CT molecular complexity index is 1020. The molecule has 0 aliphatic heterocycles. The number of halogens is 5. The predicted octanol–water partition coefficient (Wildman–Crippen LogP) is 5.09. The highest BCUT2D eigenvalue weighted by atomic mass is 35.5. The number of thioether (sulfide) groups is 1. The van der Waals surface area contributed by atoms with Gasteiger partial charge in [-0.1, -0.05) is 35.0 Å². The monoisotopic (exact) mass is 434 g/mol. The minimum Gasteiger partial charge on any atom is -0.325 e. The van der Waals surface area contributed by atoms with E-state index >= 15 is 0 Å². The van der Waals surface area contributed by atoms with Crippen LogP contribution in [0.2, 0.25) is 10.0 Å². The lowest BCUT2D eigenvalue weighted by Crippen LogP contribution is -2.15. The lowest BCUT2D eigenvalue weighted by atomic mass is 10.2. The average Bonchev–Trinajstić information content (AvgIpc) is 2.98. The van der Waals surface area contributed by atoms with Crippen LogP contribution in [0.1, 0.15) is 11.1 Å². The maximum absolute atomic E-state index is 13.0. The van der Waals surface area contributed by atoms with E-state index in [0.29, 0.717) is 10.7 Å². The Labute approximate surface area is 165 Å². The van der Waals surface area contributed by atoms with Gasteiger partial charge in [0.25, 0.3) is 0 Å². The lowest BCUT2D eigenvalue weighted by Gasteiger charge is -2.09. The van der Waals surface area contributed by atoms with Crippen molar-refractivity contribution in [1.29, 1.82) is 0 Å². The molecule has 0 radical (unpaired) electrons. The van der Waals surface area contributed by atoms with Crippen LogP contribution >= 0.6 is 35.0 Å². The van der Waals surface area contributed by atoms with Crippen LogP contribution in [0.3, 0.4) is 0 Å². The van der Waals surface area contributed by atoms with E-state index < -0.39 is 11.7 Å². The maximum atomic E-state index is 13.0. The fourth-order valence-corrected chi connectivity index (χ4v) is 3.45. The van der Waals surface area contributed by atoms with Gasteiger partial charge in [0, 0.05) is 16.9 Å². The van der Waals surface area contributed by atoms with Crippen molar-refractivity contribution < 1.29 is 18.0 Å². The van der Waals surface area contributed by atoms with Gasteiger partial charge in [-0.15, -0.1) is 10.2 Å². The summed E-state index contributed by atoms with van der Waals surface area (Å²) >= 11 is 12.7. The summed E-state index contributed by atoms with van der Waals surface area (Å²) in [5.41, 5.74) is 0.540. The largest absolute Gasteiger partial charge is 0.417 e. The highest BCUT2D eigenvalue weighted by Crippen LogP contribution is 2.33. The third kappa shape index (κ3) is 4.48. The molecule has 0 unspecified atom stereocenters. The SMILES string of the molecule is Cc1cc(Cl)ccc1NC(=O)CSc1nnc2c(Cl)cc(C(F)(F)F)cn12. The third-order valence-corrected chi connectivity index (χ3v) is 5.01. The van der Waals surface area contributed by atoms with Crippen molar-refractivity contribution in [3.63, 3.8) is 0 Å². The van der Waals surface area contributed by atoms with Crippen LogP contribution in [-0.2, 0) is 11.0 Å². The molecular formula is C16H11Cl2F3N4OS. The van der Waals surface area contributed by atoms with Crippen LogP contribution in [0.15, 0.2) is 35.6 Å². The van der Waals surface area contributed by atoms with Crippen molar-refractivity contribution in [3.8, 4) is 0 Å². The second kappa shape index (κ2) is 7.57. The number of pyridine rings is 1. The van der Waals surface area contributed by atoms with Gasteiger partial charge < -0.3 is 5.32 Å². The molecule has 1 N–H and O–H groups in total. The number of nitrogens with one attached hydrogen (secondary N) is 1. The smallest absolute Gasteiger partial charge is 0.325 e. The predicted molar refractivity (Wildman–Crippen MR) is 98.5 cm³/mol. The molecule has 0 saturated carbocycles. The van der Waals surface area contributed by atoms with Crippen molar-refractivity contribution in [3.05, 3.63) is 51.6 Å². The number of aromatic nitrogens is 3. The van der Waals surface area contributed by atoms with Gasteiger partial charge in [0.15, 0.2) is 10.8 Å². The first-order valence-corrected chi connectivity index (χ1v) is 9.19. The quantitative estimate of drug-likeness (QED) is 0.580. The van der Waals surface area contributed by atoms with E-state index in [2.05, 4.69) is 15.5 Å². The zero-order chi connectivity index (χ0) is 19.8. The van der Waals surface area contributed by atoms with E-state index in [1.54, 1.807) is 25.1 Å². The number of hydrogen-bond acceptors (Lipinski definition) is 4. The zero-order valence-corrected chi connectivity index (χ0v) is 16.0. The number of hydrogen-bond donors (Lipinski definition) is 1. The Balaban J connectivity index is 1.76. The van der Waals surface area contributed by atoms with Gasteiger partial charge in [-0.2, -0.15) is 13.2 Å². The molecule has 11 heteroatoms. The lowest BCUT2D eigenvalue weighted by molar-refractivity contribution is -0.137. The number of carbonyl (C=O) groups excluding carboxylic acids is 1. The molecule has 0 saturated heterocycles. The number of anilines is 1. The van der Waals surface area contributed by atoms with E-state index in [1.165, 1.54) is 0 Å². The number of benzene rings is 1. The summed E-state index contributed by atoms with van der Waals surface area (Å²) in [6, 6.07) is 5.80. The molecule has 1 aromatic carbocycles. The van der Waals surface area contributed by atoms with Gasteiger partial charge in [0.05, 0.1) is 16.3 Å². The van der Waals surface area contributed by atoms with E-state index in [-0.39, 0.29) is 27.5 Å². The van der Waals surface area contributed by atoms with Crippen LogP contribution < -0.4 is 5.32 Å². The van der Waals surface area contributed by atoms with Crippen LogP contribution in [-0.4, -0.2) is 26.3 Å². The zero-order valence-electron chi connectivity index (χ0n) is 13.6. The van der Waals surface area contributed by atoms with Gasteiger partial charge in [0.2, 0.25) is 5.91 Å². The molecule has 0 bridgehead atoms. The first-order chi connectivity index (χ1) is 12.6. The number of amides is 1. The average molecular weight is 435 g/mol. The molecule has 3 aromatic rings. The first-order valence-electron chi connectivity index (χ1n) is 7.45.